The maximum absolute atomic E-state index is 12.4. The minimum atomic E-state index is -0.426. The molecule has 1 N–H and O–H groups in total. The summed E-state index contributed by atoms with van der Waals surface area (Å²) < 4.78 is 1.20. The quantitative estimate of drug-likeness (QED) is 0.745. The summed E-state index contributed by atoms with van der Waals surface area (Å²) in [6.45, 7) is -0.211. The van der Waals surface area contributed by atoms with E-state index in [0.717, 1.165) is 0 Å². The molecule has 5 nitrogen and oxygen atoms in total. The average Bonchev–Trinajstić information content (AvgIpc) is 2.55. The Morgan fingerprint density at radius 2 is 1.96 bits per heavy atom. The maximum Gasteiger partial charge on any atom is 0.261 e. The summed E-state index contributed by atoms with van der Waals surface area (Å²) in [6.07, 6.45) is 1.32. The molecule has 0 bridgehead atoms. The Hall–Kier alpha value is -2.08. The molecule has 1 aromatic heterocycles. The van der Waals surface area contributed by atoms with E-state index in [0.29, 0.717) is 26.6 Å². The molecule has 1 amide bonds. The number of anilines is 1. The number of carbonyl (C=O) groups excluding carboxylic acids is 1. The van der Waals surface area contributed by atoms with Gasteiger partial charge in [0.1, 0.15) is 6.54 Å². The molecule has 1 heterocycles. The summed E-state index contributed by atoms with van der Waals surface area (Å²) in [4.78, 5) is 28.8. The molecule has 24 heavy (non-hydrogen) atoms. The second-order valence-electron chi connectivity index (χ2n) is 4.99. The first-order chi connectivity index (χ1) is 11.5. The molecule has 3 aromatic rings. The van der Waals surface area contributed by atoms with E-state index in [2.05, 4.69) is 10.3 Å². The molecule has 0 fully saturated rings. The van der Waals surface area contributed by atoms with Crippen LogP contribution in [0.3, 0.4) is 0 Å². The van der Waals surface area contributed by atoms with Crippen LogP contribution in [-0.4, -0.2) is 15.5 Å². The SMILES string of the molecule is O=C(Cn1cnc2ccc(Cl)cc2c1=O)Nc1cccc(Cl)c1Cl. The lowest BCUT2D eigenvalue weighted by Crippen LogP contribution is -2.28. The van der Waals surface area contributed by atoms with Gasteiger partial charge in [0, 0.05) is 5.02 Å². The molecule has 0 atom stereocenters. The van der Waals surface area contributed by atoms with Gasteiger partial charge in [-0.15, -0.1) is 0 Å². The van der Waals surface area contributed by atoms with E-state index in [1.54, 1.807) is 30.3 Å². The Balaban J connectivity index is 1.87. The van der Waals surface area contributed by atoms with Crippen LogP contribution < -0.4 is 10.9 Å². The second-order valence-corrected chi connectivity index (χ2v) is 6.21. The van der Waals surface area contributed by atoms with E-state index in [1.165, 1.54) is 17.0 Å². The molecular weight excluding hydrogens is 373 g/mol. The lowest BCUT2D eigenvalue weighted by Gasteiger charge is -2.10. The van der Waals surface area contributed by atoms with Gasteiger partial charge in [0.25, 0.3) is 5.56 Å². The van der Waals surface area contributed by atoms with Crippen LogP contribution in [0.2, 0.25) is 15.1 Å². The Labute approximate surface area is 151 Å². The lowest BCUT2D eigenvalue weighted by molar-refractivity contribution is -0.116. The molecular formula is C16H10Cl3N3O2. The van der Waals surface area contributed by atoms with Gasteiger partial charge in [-0.05, 0) is 30.3 Å². The highest BCUT2D eigenvalue weighted by molar-refractivity contribution is 6.44. The van der Waals surface area contributed by atoms with Crippen molar-refractivity contribution >= 4 is 57.3 Å². The van der Waals surface area contributed by atoms with Gasteiger partial charge in [-0.25, -0.2) is 4.98 Å². The Kier molecular flexibility index (Phi) is 4.76. The molecule has 0 radical (unpaired) electrons. The number of carbonyl (C=O) groups is 1. The van der Waals surface area contributed by atoms with Gasteiger partial charge in [0.15, 0.2) is 0 Å². The molecule has 0 aliphatic carbocycles. The Morgan fingerprint density at radius 3 is 2.75 bits per heavy atom. The summed E-state index contributed by atoms with van der Waals surface area (Å²) in [7, 11) is 0. The number of aromatic nitrogens is 2. The smallest absolute Gasteiger partial charge is 0.261 e. The first-order valence-electron chi connectivity index (χ1n) is 6.84. The summed E-state index contributed by atoms with van der Waals surface area (Å²) >= 11 is 17.8. The highest BCUT2D eigenvalue weighted by Gasteiger charge is 2.11. The van der Waals surface area contributed by atoms with Crippen molar-refractivity contribution in [1.82, 2.24) is 9.55 Å². The molecule has 122 valence electrons. The first-order valence-corrected chi connectivity index (χ1v) is 7.97. The van der Waals surface area contributed by atoms with Crippen LogP contribution in [0.15, 0.2) is 47.5 Å². The third-order valence-corrected chi connectivity index (χ3v) is 4.38. The number of halogens is 3. The Morgan fingerprint density at radius 1 is 1.17 bits per heavy atom. The summed E-state index contributed by atoms with van der Waals surface area (Å²) in [6, 6.07) is 9.71. The zero-order valence-corrected chi connectivity index (χ0v) is 14.4. The van der Waals surface area contributed by atoms with Crippen LogP contribution in [0.1, 0.15) is 0 Å². The summed E-state index contributed by atoms with van der Waals surface area (Å²) in [5.74, 6) is -0.426. The predicted molar refractivity (Wildman–Crippen MR) is 96.1 cm³/mol. The van der Waals surface area contributed by atoms with Gasteiger partial charge in [-0.2, -0.15) is 0 Å². The minimum absolute atomic E-state index is 0.211. The van der Waals surface area contributed by atoms with E-state index >= 15 is 0 Å². The van der Waals surface area contributed by atoms with Crippen LogP contribution in [0.4, 0.5) is 5.69 Å². The second kappa shape index (κ2) is 6.81. The fourth-order valence-corrected chi connectivity index (χ4v) is 2.71. The zero-order chi connectivity index (χ0) is 17.3. The number of rotatable bonds is 3. The number of nitrogens with zero attached hydrogens (tertiary/aromatic N) is 2. The van der Waals surface area contributed by atoms with Gasteiger partial charge in [0.05, 0.1) is 33.0 Å². The van der Waals surface area contributed by atoms with Crippen molar-refractivity contribution in [2.24, 2.45) is 0 Å². The molecule has 8 heteroatoms. The number of hydrogen-bond acceptors (Lipinski definition) is 3. The largest absolute Gasteiger partial charge is 0.323 e. The van der Waals surface area contributed by atoms with E-state index in [-0.39, 0.29) is 17.1 Å². The van der Waals surface area contributed by atoms with Crippen LogP contribution >= 0.6 is 34.8 Å². The van der Waals surface area contributed by atoms with Crippen molar-refractivity contribution < 1.29 is 4.79 Å². The topological polar surface area (TPSA) is 64.0 Å². The summed E-state index contributed by atoms with van der Waals surface area (Å²) in [5, 5.41) is 3.96. The van der Waals surface area contributed by atoms with Crippen molar-refractivity contribution in [3.63, 3.8) is 0 Å². The predicted octanol–water partition coefficient (Wildman–Crippen LogP) is 4.00. The van der Waals surface area contributed by atoms with E-state index in [9.17, 15) is 9.59 Å². The van der Waals surface area contributed by atoms with Crippen LogP contribution in [0, 0.1) is 0 Å². The van der Waals surface area contributed by atoms with Crippen LogP contribution in [0.25, 0.3) is 10.9 Å². The van der Waals surface area contributed by atoms with Gasteiger partial charge in [0.2, 0.25) is 5.91 Å². The normalized spacial score (nSPS) is 10.8. The van der Waals surface area contributed by atoms with Gasteiger partial charge in [-0.3, -0.25) is 14.2 Å². The molecule has 0 saturated heterocycles. The summed E-state index contributed by atoms with van der Waals surface area (Å²) in [5.41, 5.74) is 0.535. The maximum atomic E-state index is 12.4. The van der Waals surface area contributed by atoms with Crippen molar-refractivity contribution in [1.29, 1.82) is 0 Å². The third kappa shape index (κ3) is 3.38. The van der Waals surface area contributed by atoms with E-state index in [4.69, 9.17) is 34.8 Å². The zero-order valence-electron chi connectivity index (χ0n) is 12.1. The first kappa shape index (κ1) is 16.8. The van der Waals surface area contributed by atoms with Crippen molar-refractivity contribution in [2.75, 3.05) is 5.32 Å². The number of benzene rings is 2. The number of fused-ring (bicyclic) bond motifs is 1. The standard InChI is InChI=1S/C16H10Cl3N3O2/c17-9-4-5-12-10(6-9)16(24)22(8-20-12)7-14(23)21-13-3-1-2-11(18)15(13)19/h1-6,8H,7H2,(H,21,23). The van der Waals surface area contributed by atoms with Crippen molar-refractivity contribution in [3.05, 3.63) is 68.1 Å². The molecule has 3 rings (SSSR count). The number of hydrogen-bond donors (Lipinski definition) is 1. The molecule has 0 aliphatic heterocycles. The lowest BCUT2D eigenvalue weighted by atomic mass is 10.2. The van der Waals surface area contributed by atoms with Gasteiger partial charge < -0.3 is 5.32 Å². The average molecular weight is 383 g/mol. The fourth-order valence-electron chi connectivity index (χ4n) is 2.19. The van der Waals surface area contributed by atoms with E-state index < -0.39 is 5.91 Å². The van der Waals surface area contributed by atoms with Crippen LogP contribution in [0.5, 0.6) is 0 Å². The fraction of sp³-hybridized carbons (Fsp3) is 0.0625. The molecule has 0 spiro atoms. The van der Waals surface area contributed by atoms with Gasteiger partial charge >= 0.3 is 0 Å². The molecule has 0 unspecified atom stereocenters. The molecule has 0 aliphatic rings. The highest BCUT2D eigenvalue weighted by Crippen LogP contribution is 2.29. The monoisotopic (exact) mass is 381 g/mol. The molecule has 2 aromatic carbocycles. The Bertz CT molecular complexity index is 1000. The van der Waals surface area contributed by atoms with Gasteiger partial charge in [-0.1, -0.05) is 40.9 Å². The third-order valence-electron chi connectivity index (χ3n) is 3.33. The minimum Gasteiger partial charge on any atom is -0.323 e. The highest BCUT2D eigenvalue weighted by atomic mass is 35.5. The number of amides is 1. The molecule has 0 saturated carbocycles. The van der Waals surface area contributed by atoms with Crippen molar-refractivity contribution in [2.45, 2.75) is 6.54 Å². The van der Waals surface area contributed by atoms with Crippen molar-refractivity contribution in [3.8, 4) is 0 Å². The van der Waals surface area contributed by atoms with E-state index in [1.807, 2.05) is 0 Å². The number of nitrogens with one attached hydrogen (secondary N) is 1. The van der Waals surface area contributed by atoms with Crippen LogP contribution in [-0.2, 0) is 11.3 Å².